The lowest BCUT2D eigenvalue weighted by Gasteiger charge is -2.09. The van der Waals surface area contributed by atoms with Crippen LogP contribution in [0.5, 0.6) is 5.75 Å². The highest BCUT2D eigenvalue weighted by molar-refractivity contribution is 7.18. The maximum absolute atomic E-state index is 12.4. The predicted molar refractivity (Wildman–Crippen MR) is 89.0 cm³/mol. The normalized spacial score (nSPS) is 11.0. The number of hydrogen-bond acceptors (Lipinski definition) is 5. The standard InChI is InChI=1S/C16H17N3O2S/c1-9-4-6-12(7-5-9)21-8-13-18-15-14(16(20)19(13)17)10(2)11(3)22-15/h4-7H,8,17H2,1-3H3. The summed E-state index contributed by atoms with van der Waals surface area (Å²) in [7, 11) is 0. The van der Waals surface area contributed by atoms with E-state index in [1.54, 1.807) is 0 Å². The number of aromatic nitrogens is 2. The van der Waals surface area contributed by atoms with Crippen LogP contribution in [0.2, 0.25) is 0 Å². The Kier molecular flexibility index (Phi) is 3.62. The van der Waals surface area contributed by atoms with Crippen molar-refractivity contribution >= 4 is 21.6 Å². The number of rotatable bonds is 3. The van der Waals surface area contributed by atoms with E-state index < -0.39 is 0 Å². The van der Waals surface area contributed by atoms with Gasteiger partial charge in [-0.05, 0) is 38.5 Å². The minimum absolute atomic E-state index is 0.154. The maximum Gasteiger partial charge on any atom is 0.281 e. The zero-order valence-electron chi connectivity index (χ0n) is 12.7. The summed E-state index contributed by atoms with van der Waals surface area (Å²) >= 11 is 1.50. The van der Waals surface area contributed by atoms with E-state index in [1.165, 1.54) is 11.3 Å². The molecule has 0 saturated heterocycles. The van der Waals surface area contributed by atoms with Gasteiger partial charge in [-0.25, -0.2) is 9.66 Å². The second kappa shape index (κ2) is 5.46. The van der Waals surface area contributed by atoms with Crippen LogP contribution in [-0.2, 0) is 6.61 Å². The minimum Gasteiger partial charge on any atom is -0.486 e. The van der Waals surface area contributed by atoms with Crippen LogP contribution in [0.4, 0.5) is 0 Å². The molecule has 3 aromatic rings. The second-order valence-electron chi connectivity index (χ2n) is 5.27. The number of nitrogens with two attached hydrogens (primary N) is 1. The monoisotopic (exact) mass is 315 g/mol. The van der Waals surface area contributed by atoms with E-state index in [-0.39, 0.29) is 12.2 Å². The van der Waals surface area contributed by atoms with Crippen molar-refractivity contribution in [2.75, 3.05) is 5.84 Å². The van der Waals surface area contributed by atoms with Crippen molar-refractivity contribution in [1.82, 2.24) is 9.66 Å². The molecule has 0 amide bonds. The Balaban J connectivity index is 1.95. The SMILES string of the molecule is Cc1ccc(OCc2nc3sc(C)c(C)c3c(=O)n2N)cc1. The molecule has 114 valence electrons. The van der Waals surface area contributed by atoms with Crippen molar-refractivity contribution < 1.29 is 4.74 Å². The minimum atomic E-state index is -0.227. The third kappa shape index (κ3) is 2.46. The lowest BCUT2D eigenvalue weighted by molar-refractivity contribution is 0.291. The highest BCUT2D eigenvalue weighted by Crippen LogP contribution is 2.26. The smallest absolute Gasteiger partial charge is 0.281 e. The number of nitrogens with zero attached hydrogens (tertiary/aromatic N) is 2. The maximum atomic E-state index is 12.4. The van der Waals surface area contributed by atoms with E-state index in [0.29, 0.717) is 16.0 Å². The van der Waals surface area contributed by atoms with Crippen LogP contribution >= 0.6 is 11.3 Å². The number of aryl methyl sites for hydroxylation is 3. The van der Waals surface area contributed by atoms with Gasteiger partial charge >= 0.3 is 0 Å². The first kappa shape index (κ1) is 14.6. The van der Waals surface area contributed by atoms with E-state index in [2.05, 4.69) is 4.98 Å². The van der Waals surface area contributed by atoms with E-state index >= 15 is 0 Å². The molecule has 0 bridgehead atoms. The summed E-state index contributed by atoms with van der Waals surface area (Å²) in [6, 6.07) is 7.69. The van der Waals surface area contributed by atoms with Crippen LogP contribution in [0.15, 0.2) is 29.1 Å². The van der Waals surface area contributed by atoms with Crippen molar-refractivity contribution in [2.45, 2.75) is 27.4 Å². The first-order chi connectivity index (χ1) is 10.5. The first-order valence-electron chi connectivity index (χ1n) is 6.93. The molecule has 0 atom stereocenters. The third-order valence-corrected chi connectivity index (χ3v) is 4.80. The summed E-state index contributed by atoms with van der Waals surface area (Å²) < 4.78 is 6.75. The van der Waals surface area contributed by atoms with Crippen molar-refractivity contribution in [1.29, 1.82) is 0 Å². The molecule has 2 aromatic heterocycles. The highest BCUT2D eigenvalue weighted by Gasteiger charge is 2.15. The van der Waals surface area contributed by atoms with Crippen LogP contribution in [0.25, 0.3) is 10.2 Å². The molecule has 22 heavy (non-hydrogen) atoms. The average molecular weight is 315 g/mol. The molecule has 0 unspecified atom stereocenters. The van der Waals surface area contributed by atoms with Gasteiger partial charge in [-0.15, -0.1) is 11.3 Å². The molecule has 2 heterocycles. The number of thiophene rings is 1. The van der Waals surface area contributed by atoms with Gasteiger partial charge in [0.05, 0.1) is 5.39 Å². The Hall–Kier alpha value is -2.34. The number of hydrogen-bond donors (Lipinski definition) is 1. The topological polar surface area (TPSA) is 70.1 Å². The van der Waals surface area contributed by atoms with E-state index in [4.69, 9.17) is 10.6 Å². The zero-order valence-corrected chi connectivity index (χ0v) is 13.5. The van der Waals surface area contributed by atoms with Crippen molar-refractivity contribution in [3.05, 3.63) is 56.4 Å². The summed E-state index contributed by atoms with van der Waals surface area (Å²) in [6.07, 6.45) is 0. The first-order valence-corrected chi connectivity index (χ1v) is 7.75. The van der Waals surface area contributed by atoms with Crippen LogP contribution < -0.4 is 16.1 Å². The van der Waals surface area contributed by atoms with Gasteiger partial charge < -0.3 is 10.6 Å². The molecule has 2 N–H and O–H groups in total. The molecule has 5 nitrogen and oxygen atoms in total. The van der Waals surface area contributed by atoms with Gasteiger partial charge in [-0.1, -0.05) is 17.7 Å². The molecule has 0 saturated carbocycles. The summed E-state index contributed by atoms with van der Waals surface area (Å²) in [5.74, 6) is 7.02. The molecule has 0 aliphatic carbocycles. The lowest BCUT2D eigenvalue weighted by atomic mass is 10.2. The van der Waals surface area contributed by atoms with Gasteiger partial charge in [0.2, 0.25) is 0 Å². The van der Waals surface area contributed by atoms with Crippen LogP contribution in [-0.4, -0.2) is 9.66 Å². The van der Waals surface area contributed by atoms with Gasteiger partial charge in [0.1, 0.15) is 17.2 Å². The quantitative estimate of drug-likeness (QED) is 0.754. The Morgan fingerprint density at radius 2 is 1.91 bits per heavy atom. The molecule has 1 aromatic carbocycles. The van der Waals surface area contributed by atoms with Crippen molar-refractivity contribution in [3.63, 3.8) is 0 Å². The second-order valence-corrected chi connectivity index (χ2v) is 6.47. The van der Waals surface area contributed by atoms with E-state index in [0.717, 1.165) is 26.4 Å². The Morgan fingerprint density at radius 1 is 1.23 bits per heavy atom. The molecule has 3 rings (SSSR count). The average Bonchev–Trinajstić information content (AvgIpc) is 2.78. The zero-order chi connectivity index (χ0) is 15.9. The third-order valence-electron chi connectivity index (χ3n) is 3.70. The lowest BCUT2D eigenvalue weighted by Crippen LogP contribution is -2.32. The number of fused-ring (bicyclic) bond motifs is 1. The van der Waals surface area contributed by atoms with Crippen LogP contribution in [0.3, 0.4) is 0 Å². The molecule has 0 spiro atoms. The van der Waals surface area contributed by atoms with E-state index in [9.17, 15) is 4.79 Å². The van der Waals surface area contributed by atoms with Crippen molar-refractivity contribution in [2.24, 2.45) is 0 Å². The summed E-state index contributed by atoms with van der Waals surface area (Å²) in [6.45, 7) is 6.06. The molecule has 0 radical (unpaired) electrons. The predicted octanol–water partition coefficient (Wildman–Crippen LogP) is 2.68. The van der Waals surface area contributed by atoms with Gasteiger partial charge in [0, 0.05) is 4.88 Å². The molecular weight excluding hydrogens is 298 g/mol. The summed E-state index contributed by atoms with van der Waals surface area (Å²) in [4.78, 5) is 18.7. The molecular formula is C16H17N3O2S. The number of nitrogen functional groups attached to an aromatic ring is 1. The highest BCUT2D eigenvalue weighted by atomic mass is 32.1. The molecule has 0 fully saturated rings. The van der Waals surface area contributed by atoms with Gasteiger partial charge in [-0.3, -0.25) is 4.79 Å². The van der Waals surface area contributed by atoms with Crippen LogP contribution in [0, 0.1) is 20.8 Å². The molecule has 0 aliphatic heterocycles. The molecule has 6 heteroatoms. The number of benzene rings is 1. The fourth-order valence-electron chi connectivity index (χ4n) is 2.23. The summed E-state index contributed by atoms with van der Waals surface area (Å²) in [5.41, 5.74) is 1.88. The summed E-state index contributed by atoms with van der Waals surface area (Å²) in [5, 5.41) is 0.601. The van der Waals surface area contributed by atoms with Gasteiger partial charge in [-0.2, -0.15) is 0 Å². The Bertz CT molecular complexity index is 894. The van der Waals surface area contributed by atoms with Gasteiger partial charge in [0.25, 0.3) is 5.56 Å². The van der Waals surface area contributed by atoms with Crippen LogP contribution in [0.1, 0.15) is 21.8 Å². The van der Waals surface area contributed by atoms with Crippen molar-refractivity contribution in [3.8, 4) is 5.75 Å². The molecule has 0 aliphatic rings. The largest absolute Gasteiger partial charge is 0.486 e. The Labute approximate surface area is 132 Å². The van der Waals surface area contributed by atoms with Gasteiger partial charge in [0.15, 0.2) is 5.82 Å². The number of ether oxygens (including phenoxy) is 1. The Morgan fingerprint density at radius 3 is 2.59 bits per heavy atom. The van der Waals surface area contributed by atoms with E-state index in [1.807, 2.05) is 45.0 Å². The fraction of sp³-hybridized carbons (Fsp3) is 0.250. The fourth-order valence-corrected chi connectivity index (χ4v) is 3.27.